The molecule has 1 aromatic heterocycles. The van der Waals surface area contributed by atoms with Crippen LogP contribution in [0.25, 0.3) is 0 Å². The highest BCUT2D eigenvalue weighted by molar-refractivity contribution is 5.60. The normalized spacial score (nSPS) is 14.2. The molecule has 1 aromatic rings. The summed E-state index contributed by atoms with van der Waals surface area (Å²) in [4.78, 5) is 10.7. The van der Waals surface area contributed by atoms with Crippen LogP contribution in [0.5, 0.6) is 0 Å². The molecule has 0 aliphatic rings. The van der Waals surface area contributed by atoms with Crippen LogP contribution in [-0.4, -0.2) is 32.0 Å². The Morgan fingerprint density at radius 1 is 1.53 bits per heavy atom. The van der Waals surface area contributed by atoms with Gasteiger partial charge in [-0.15, -0.1) is 0 Å². The summed E-state index contributed by atoms with van der Waals surface area (Å²) in [6.45, 7) is 7.85. The van der Waals surface area contributed by atoms with Crippen molar-refractivity contribution in [3.63, 3.8) is 0 Å². The minimum Gasteiger partial charge on any atom is -0.394 e. The van der Waals surface area contributed by atoms with E-state index in [1.807, 2.05) is 20.8 Å². The zero-order valence-corrected chi connectivity index (χ0v) is 11.9. The van der Waals surface area contributed by atoms with E-state index in [4.69, 9.17) is 0 Å². The Hall–Kier alpha value is -1.63. The van der Waals surface area contributed by atoms with Crippen molar-refractivity contribution in [3.05, 3.63) is 15.8 Å². The predicted molar refractivity (Wildman–Crippen MR) is 73.3 cm³/mol. The van der Waals surface area contributed by atoms with Crippen LogP contribution < -0.4 is 5.32 Å². The molecule has 0 bridgehead atoms. The average molecular weight is 270 g/mol. The van der Waals surface area contributed by atoms with E-state index >= 15 is 0 Å². The highest BCUT2D eigenvalue weighted by Gasteiger charge is 2.30. The molecular formula is C12H22N4O3. The van der Waals surface area contributed by atoms with Gasteiger partial charge in [0.05, 0.1) is 17.1 Å². The van der Waals surface area contributed by atoms with E-state index in [0.717, 1.165) is 6.42 Å². The molecule has 0 amide bonds. The van der Waals surface area contributed by atoms with Crippen molar-refractivity contribution >= 4 is 11.5 Å². The summed E-state index contributed by atoms with van der Waals surface area (Å²) < 4.78 is 1.61. The Bertz CT molecular complexity index is 452. The van der Waals surface area contributed by atoms with Crippen LogP contribution in [0.2, 0.25) is 0 Å². The van der Waals surface area contributed by atoms with Crippen LogP contribution in [0.15, 0.2) is 0 Å². The van der Waals surface area contributed by atoms with Crippen molar-refractivity contribution in [2.75, 3.05) is 11.9 Å². The lowest BCUT2D eigenvalue weighted by Crippen LogP contribution is -2.39. The largest absolute Gasteiger partial charge is 0.394 e. The third-order valence-corrected chi connectivity index (χ3v) is 3.26. The molecule has 19 heavy (non-hydrogen) atoms. The molecule has 0 saturated heterocycles. The maximum atomic E-state index is 11.2. The molecule has 0 saturated carbocycles. The molecule has 0 aliphatic heterocycles. The van der Waals surface area contributed by atoms with Crippen LogP contribution in [0.1, 0.15) is 39.3 Å². The molecule has 1 atom stereocenters. The number of nitro groups is 1. The number of nitrogens with zero attached hydrogens (tertiary/aromatic N) is 3. The lowest BCUT2D eigenvalue weighted by Gasteiger charge is -2.28. The van der Waals surface area contributed by atoms with Crippen molar-refractivity contribution < 1.29 is 10.0 Å². The SMILES string of the molecule is CCCn1nc(C)c([N+](=O)[O-])c1NC(C)(CC)CO. The minimum atomic E-state index is -0.595. The molecule has 1 unspecified atom stereocenters. The molecule has 0 spiro atoms. The third-order valence-electron chi connectivity index (χ3n) is 3.26. The molecule has 0 aromatic carbocycles. The number of aliphatic hydroxyl groups is 1. The van der Waals surface area contributed by atoms with E-state index in [2.05, 4.69) is 10.4 Å². The number of aryl methyl sites for hydroxylation is 2. The molecule has 7 heteroatoms. The zero-order chi connectivity index (χ0) is 14.6. The highest BCUT2D eigenvalue weighted by Crippen LogP contribution is 2.31. The van der Waals surface area contributed by atoms with Gasteiger partial charge < -0.3 is 10.4 Å². The first-order valence-electron chi connectivity index (χ1n) is 6.49. The fourth-order valence-corrected chi connectivity index (χ4v) is 1.81. The Morgan fingerprint density at radius 2 is 2.16 bits per heavy atom. The van der Waals surface area contributed by atoms with Gasteiger partial charge >= 0.3 is 5.69 Å². The Kier molecular flexibility index (Phi) is 4.88. The number of aromatic nitrogens is 2. The van der Waals surface area contributed by atoms with E-state index in [9.17, 15) is 15.2 Å². The van der Waals surface area contributed by atoms with Gasteiger partial charge in [0.15, 0.2) is 0 Å². The molecule has 0 radical (unpaired) electrons. The van der Waals surface area contributed by atoms with Gasteiger partial charge in [-0.05, 0) is 26.7 Å². The van der Waals surface area contributed by atoms with E-state index in [-0.39, 0.29) is 12.3 Å². The Balaban J connectivity index is 3.25. The standard InChI is InChI=1S/C12H22N4O3/c1-5-7-15-11(13-12(4,6-2)8-17)10(16(18)19)9(3)14-15/h13,17H,5-8H2,1-4H3. The minimum absolute atomic E-state index is 0.0124. The monoisotopic (exact) mass is 270 g/mol. The number of hydrogen-bond acceptors (Lipinski definition) is 5. The van der Waals surface area contributed by atoms with Crippen molar-refractivity contribution in [2.45, 2.75) is 52.6 Å². The van der Waals surface area contributed by atoms with Gasteiger partial charge in [-0.3, -0.25) is 10.1 Å². The summed E-state index contributed by atoms with van der Waals surface area (Å²) in [5, 5.41) is 27.9. The third kappa shape index (κ3) is 3.23. The number of rotatable bonds is 7. The summed E-state index contributed by atoms with van der Waals surface area (Å²) in [5.74, 6) is 0.378. The molecule has 108 valence electrons. The maximum absolute atomic E-state index is 11.2. The number of hydrogen-bond donors (Lipinski definition) is 2. The van der Waals surface area contributed by atoms with Gasteiger partial charge in [-0.2, -0.15) is 5.10 Å². The first-order chi connectivity index (χ1) is 8.88. The molecule has 7 nitrogen and oxygen atoms in total. The highest BCUT2D eigenvalue weighted by atomic mass is 16.6. The van der Waals surface area contributed by atoms with Crippen LogP contribution in [-0.2, 0) is 6.54 Å². The fraction of sp³-hybridized carbons (Fsp3) is 0.750. The van der Waals surface area contributed by atoms with Gasteiger partial charge in [0, 0.05) is 6.54 Å². The predicted octanol–water partition coefficient (Wildman–Crippen LogP) is 2.08. The molecular weight excluding hydrogens is 248 g/mol. The molecule has 0 fully saturated rings. The topological polar surface area (TPSA) is 93.2 Å². The quantitative estimate of drug-likeness (QED) is 0.584. The summed E-state index contributed by atoms with van der Waals surface area (Å²) in [6, 6.07) is 0. The smallest absolute Gasteiger partial charge is 0.333 e. The van der Waals surface area contributed by atoms with Gasteiger partial charge in [0.1, 0.15) is 5.69 Å². The van der Waals surface area contributed by atoms with Crippen LogP contribution in [0.3, 0.4) is 0 Å². The van der Waals surface area contributed by atoms with E-state index in [1.54, 1.807) is 11.6 Å². The molecule has 1 heterocycles. The van der Waals surface area contributed by atoms with Crippen molar-refractivity contribution in [1.29, 1.82) is 0 Å². The Morgan fingerprint density at radius 3 is 2.58 bits per heavy atom. The summed E-state index contributed by atoms with van der Waals surface area (Å²) in [6.07, 6.45) is 1.48. The van der Waals surface area contributed by atoms with E-state index in [0.29, 0.717) is 24.5 Å². The van der Waals surface area contributed by atoms with Gasteiger partial charge in [-0.1, -0.05) is 13.8 Å². The number of nitrogens with one attached hydrogen (secondary N) is 1. The molecule has 0 aliphatic carbocycles. The van der Waals surface area contributed by atoms with Crippen LogP contribution >= 0.6 is 0 Å². The van der Waals surface area contributed by atoms with E-state index < -0.39 is 10.5 Å². The van der Waals surface area contributed by atoms with Crippen molar-refractivity contribution in [1.82, 2.24) is 9.78 Å². The van der Waals surface area contributed by atoms with E-state index in [1.165, 1.54) is 0 Å². The number of aliphatic hydroxyl groups excluding tert-OH is 1. The second-order valence-corrected chi connectivity index (χ2v) is 4.96. The van der Waals surface area contributed by atoms with Crippen molar-refractivity contribution in [2.24, 2.45) is 0 Å². The molecule has 2 N–H and O–H groups in total. The van der Waals surface area contributed by atoms with Crippen LogP contribution in [0.4, 0.5) is 11.5 Å². The van der Waals surface area contributed by atoms with Crippen LogP contribution in [0, 0.1) is 17.0 Å². The molecule has 1 rings (SSSR count). The second-order valence-electron chi connectivity index (χ2n) is 4.96. The summed E-state index contributed by atoms with van der Waals surface area (Å²) in [5.41, 5.74) is -0.221. The average Bonchev–Trinajstić information content (AvgIpc) is 2.66. The lowest BCUT2D eigenvalue weighted by atomic mass is 10.0. The lowest BCUT2D eigenvalue weighted by molar-refractivity contribution is -0.384. The van der Waals surface area contributed by atoms with Gasteiger partial charge in [-0.25, -0.2) is 4.68 Å². The first-order valence-corrected chi connectivity index (χ1v) is 6.49. The zero-order valence-electron chi connectivity index (χ0n) is 11.9. The van der Waals surface area contributed by atoms with Gasteiger partial charge in [0.2, 0.25) is 5.82 Å². The second kappa shape index (κ2) is 6.01. The van der Waals surface area contributed by atoms with Gasteiger partial charge in [0.25, 0.3) is 0 Å². The maximum Gasteiger partial charge on any atom is 0.333 e. The number of anilines is 1. The summed E-state index contributed by atoms with van der Waals surface area (Å²) >= 11 is 0. The first kappa shape index (κ1) is 15.4. The fourth-order valence-electron chi connectivity index (χ4n) is 1.81. The summed E-state index contributed by atoms with van der Waals surface area (Å²) in [7, 11) is 0. The van der Waals surface area contributed by atoms with Crippen molar-refractivity contribution in [3.8, 4) is 0 Å². The Labute approximate surface area is 112 Å².